The molecule has 7 heteroatoms. The highest BCUT2D eigenvalue weighted by atomic mass is 19.4. The highest BCUT2D eigenvalue weighted by molar-refractivity contribution is 5.35. The fourth-order valence-electron chi connectivity index (χ4n) is 2.28. The minimum atomic E-state index is -5.60. The number of halogens is 5. The molecule has 1 heterocycles. The van der Waals surface area contributed by atoms with Crippen LogP contribution >= 0.6 is 0 Å². The van der Waals surface area contributed by atoms with Crippen LogP contribution in [0.25, 0.3) is 0 Å². The summed E-state index contributed by atoms with van der Waals surface area (Å²) in [6.45, 7) is 2.37. The molecule has 1 aliphatic heterocycles. The molecule has 2 rings (SSSR count). The van der Waals surface area contributed by atoms with E-state index in [0.29, 0.717) is 18.6 Å². The summed E-state index contributed by atoms with van der Waals surface area (Å²) in [4.78, 5) is 0. The van der Waals surface area contributed by atoms with Crippen LogP contribution in [-0.4, -0.2) is 18.6 Å². The summed E-state index contributed by atoms with van der Waals surface area (Å²) in [7, 11) is 0. The van der Waals surface area contributed by atoms with Gasteiger partial charge in [0.25, 0.3) is 0 Å². The molecule has 118 valence electrons. The average Bonchev–Trinajstić information content (AvgIpc) is 2.85. The Morgan fingerprint density at radius 1 is 1.14 bits per heavy atom. The monoisotopic (exact) mass is 309 g/mol. The summed E-state index contributed by atoms with van der Waals surface area (Å²) in [5.74, 6) is -4.84. The molecule has 21 heavy (non-hydrogen) atoms. The maximum absolute atomic E-state index is 13.7. The van der Waals surface area contributed by atoms with Gasteiger partial charge in [0.1, 0.15) is 6.04 Å². The zero-order valence-corrected chi connectivity index (χ0v) is 11.4. The molecule has 1 aromatic rings. The Kier molecular flexibility index (Phi) is 4.53. The molecule has 1 unspecified atom stereocenters. The summed E-state index contributed by atoms with van der Waals surface area (Å²) in [6, 6.07) is 2.13. The molecule has 0 spiro atoms. The van der Waals surface area contributed by atoms with Gasteiger partial charge in [-0.15, -0.1) is 0 Å². The van der Waals surface area contributed by atoms with Crippen molar-refractivity contribution in [2.24, 2.45) is 0 Å². The molecule has 0 amide bonds. The summed E-state index contributed by atoms with van der Waals surface area (Å²) < 4.78 is 70.6. The Hall–Kier alpha value is -1.21. The van der Waals surface area contributed by atoms with Crippen molar-refractivity contribution < 1.29 is 26.7 Å². The van der Waals surface area contributed by atoms with Crippen LogP contribution in [0.15, 0.2) is 18.2 Å². The van der Waals surface area contributed by atoms with Crippen molar-refractivity contribution in [2.75, 3.05) is 6.54 Å². The molecule has 1 aliphatic rings. The maximum Gasteiger partial charge on any atom is 0.455 e. The number of hydrogen-bond acceptors (Lipinski definition) is 2. The minimum absolute atomic E-state index is 0.0733. The Bertz CT molecular complexity index is 501. The summed E-state index contributed by atoms with van der Waals surface area (Å²) >= 11 is 0. The highest BCUT2D eigenvalue weighted by Gasteiger charge is 2.62. The highest BCUT2D eigenvalue weighted by Crippen LogP contribution is 2.45. The third-order valence-corrected chi connectivity index (χ3v) is 3.42. The Morgan fingerprint density at radius 3 is 2.43 bits per heavy atom. The summed E-state index contributed by atoms with van der Waals surface area (Å²) in [5.41, 5.74) is 1.41. The summed E-state index contributed by atoms with van der Waals surface area (Å²) in [6.07, 6.45) is -5.15. The van der Waals surface area contributed by atoms with Crippen LogP contribution in [-0.2, 0) is 18.0 Å². The minimum Gasteiger partial charge on any atom is -0.372 e. The van der Waals surface area contributed by atoms with Crippen molar-refractivity contribution in [3.05, 3.63) is 34.9 Å². The second kappa shape index (κ2) is 5.88. The standard InChI is InChI=1S/C14H16F5NO/c1-2-5-20-12(13(15,16)14(17,18)19)9-3-4-10-7-21-8-11(10)6-9/h3-4,6,12,20H,2,5,7-8H2,1H3. The first-order valence-corrected chi connectivity index (χ1v) is 6.64. The average molecular weight is 309 g/mol. The van der Waals surface area contributed by atoms with Gasteiger partial charge in [-0.1, -0.05) is 25.1 Å². The van der Waals surface area contributed by atoms with Crippen LogP contribution in [0.4, 0.5) is 22.0 Å². The van der Waals surface area contributed by atoms with E-state index in [1.165, 1.54) is 12.1 Å². The number of nitrogens with one attached hydrogen (secondary N) is 1. The third-order valence-electron chi connectivity index (χ3n) is 3.42. The van der Waals surface area contributed by atoms with Gasteiger partial charge in [0.05, 0.1) is 13.2 Å². The predicted octanol–water partition coefficient (Wildman–Crippen LogP) is 3.96. The molecule has 0 saturated carbocycles. The van der Waals surface area contributed by atoms with Crippen molar-refractivity contribution in [2.45, 2.75) is 44.7 Å². The second-order valence-corrected chi connectivity index (χ2v) is 5.03. The van der Waals surface area contributed by atoms with Crippen molar-refractivity contribution in [1.82, 2.24) is 5.32 Å². The van der Waals surface area contributed by atoms with Crippen LogP contribution in [0.3, 0.4) is 0 Å². The molecule has 1 N–H and O–H groups in total. The van der Waals surface area contributed by atoms with Crippen molar-refractivity contribution >= 4 is 0 Å². The first kappa shape index (κ1) is 16.2. The molecule has 1 atom stereocenters. The van der Waals surface area contributed by atoms with Gasteiger partial charge in [0.2, 0.25) is 0 Å². The van der Waals surface area contributed by atoms with E-state index >= 15 is 0 Å². The Labute approximate surface area is 119 Å². The third kappa shape index (κ3) is 3.18. The van der Waals surface area contributed by atoms with E-state index in [4.69, 9.17) is 4.74 Å². The lowest BCUT2D eigenvalue weighted by Gasteiger charge is -2.30. The predicted molar refractivity (Wildman–Crippen MR) is 67.0 cm³/mol. The van der Waals surface area contributed by atoms with E-state index in [9.17, 15) is 22.0 Å². The van der Waals surface area contributed by atoms with E-state index in [0.717, 1.165) is 5.56 Å². The van der Waals surface area contributed by atoms with Crippen LogP contribution < -0.4 is 5.32 Å². The van der Waals surface area contributed by atoms with Gasteiger partial charge in [-0.25, -0.2) is 0 Å². The molecular formula is C14H16F5NO. The van der Waals surface area contributed by atoms with Gasteiger partial charge < -0.3 is 10.1 Å². The van der Waals surface area contributed by atoms with Gasteiger partial charge in [0.15, 0.2) is 0 Å². The van der Waals surface area contributed by atoms with Gasteiger partial charge in [-0.05, 0) is 29.7 Å². The first-order valence-electron chi connectivity index (χ1n) is 6.64. The van der Waals surface area contributed by atoms with Crippen LogP contribution in [0, 0.1) is 0 Å². The van der Waals surface area contributed by atoms with E-state index in [-0.39, 0.29) is 18.7 Å². The molecule has 0 fully saturated rings. The van der Waals surface area contributed by atoms with Gasteiger partial charge in [-0.3, -0.25) is 0 Å². The first-order chi connectivity index (χ1) is 9.77. The lowest BCUT2D eigenvalue weighted by molar-refractivity contribution is -0.294. The largest absolute Gasteiger partial charge is 0.455 e. The molecular weight excluding hydrogens is 293 g/mol. The number of ether oxygens (including phenoxy) is 1. The van der Waals surface area contributed by atoms with E-state index < -0.39 is 18.1 Å². The van der Waals surface area contributed by atoms with Crippen LogP contribution in [0.1, 0.15) is 36.1 Å². The molecule has 0 saturated heterocycles. The smallest absolute Gasteiger partial charge is 0.372 e. The van der Waals surface area contributed by atoms with Gasteiger partial charge >= 0.3 is 12.1 Å². The van der Waals surface area contributed by atoms with Crippen molar-refractivity contribution in [3.63, 3.8) is 0 Å². The lowest BCUT2D eigenvalue weighted by atomic mass is 9.96. The number of hydrogen-bond donors (Lipinski definition) is 1. The van der Waals surface area contributed by atoms with E-state index in [2.05, 4.69) is 5.32 Å². The van der Waals surface area contributed by atoms with Gasteiger partial charge in [0, 0.05) is 0 Å². The van der Waals surface area contributed by atoms with Crippen molar-refractivity contribution in [1.29, 1.82) is 0 Å². The normalized spacial score (nSPS) is 16.9. The quantitative estimate of drug-likeness (QED) is 0.831. The zero-order valence-electron chi connectivity index (χ0n) is 11.4. The fraction of sp³-hybridized carbons (Fsp3) is 0.571. The van der Waals surface area contributed by atoms with E-state index in [1.807, 2.05) is 0 Å². The number of benzene rings is 1. The molecule has 2 nitrogen and oxygen atoms in total. The van der Waals surface area contributed by atoms with Crippen molar-refractivity contribution in [3.8, 4) is 0 Å². The topological polar surface area (TPSA) is 21.3 Å². The van der Waals surface area contributed by atoms with Crippen LogP contribution in [0.5, 0.6) is 0 Å². The maximum atomic E-state index is 13.7. The van der Waals surface area contributed by atoms with Gasteiger partial charge in [-0.2, -0.15) is 22.0 Å². The summed E-state index contributed by atoms with van der Waals surface area (Å²) in [5, 5.41) is 2.31. The number of fused-ring (bicyclic) bond motifs is 1. The zero-order chi connectivity index (χ0) is 15.7. The number of alkyl halides is 5. The van der Waals surface area contributed by atoms with E-state index in [1.54, 1.807) is 13.0 Å². The fourth-order valence-corrected chi connectivity index (χ4v) is 2.28. The molecule has 0 aliphatic carbocycles. The molecule has 1 aromatic carbocycles. The second-order valence-electron chi connectivity index (χ2n) is 5.03. The molecule has 0 radical (unpaired) electrons. The lowest BCUT2D eigenvalue weighted by Crippen LogP contribution is -2.48. The Morgan fingerprint density at radius 2 is 1.81 bits per heavy atom. The Balaban J connectivity index is 2.36. The molecule has 0 aromatic heterocycles. The SMILES string of the molecule is CCCNC(c1ccc2c(c1)COC2)C(F)(F)C(F)(F)F. The van der Waals surface area contributed by atoms with Crippen LogP contribution in [0.2, 0.25) is 0 Å². The molecule has 0 bridgehead atoms. The number of rotatable bonds is 5.